The number of rotatable bonds is 11. The van der Waals surface area contributed by atoms with Gasteiger partial charge in [0.2, 0.25) is 15.9 Å². The van der Waals surface area contributed by atoms with E-state index in [-0.39, 0.29) is 22.5 Å². The summed E-state index contributed by atoms with van der Waals surface area (Å²) in [6, 6.07) is 6.11. The van der Waals surface area contributed by atoms with Crippen molar-refractivity contribution in [1.29, 1.82) is 0 Å². The van der Waals surface area contributed by atoms with Gasteiger partial charge in [-0.1, -0.05) is 38.7 Å². The lowest BCUT2D eigenvalue weighted by atomic mass is 10.1. The Labute approximate surface area is 161 Å². The number of sulfonamides is 1. The maximum absolute atomic E-state index is 12.0. The minimum Gasteiger partial charge on any atom is -0.332 e. The minimum atomic E-state index is -3.56. The predicted molar refractivity (Wildman–Crippen MR) is 110 cm³/mol. The first-order valence-electron chi connectivity index (χ1n) is 8.70. The Morgan fingerprint density at radius 3 is 2.42 bits per heavy atom. The molecule has 1 amide bonds. The summed E-state index contributed by atoms with van der Waals surface area (Å²) in [6.45, 7) is 5.79. The Morgan fingerprint density at radius 1 is 1.15 bits per heavy atom. The van der Waals surface area contributed by atoms with Gasteiger partial charge in [-0.3, -0.25) is 4.79 Å². The van der Waals surface area contributed by atoms with Gasteiger partial charge >= 0.3 is 0 Å². The molecule has 1 rings (SSSR count). The normalized spacial score (nSPS) is 11.0. The number of hydrogen-bond acceptors (Lipinski definition) is 4. The summed E-state index contributed by atoms with van der Waals surface area (Å²) in [5.74, 6) is -0.119. The lowest BCUT2D eigenvalue weighted by Gasteiger charge is -2.10. The van der Waals surface area contributed by atoms with Crippen LogP contribution in [-0.2, 0) is 14.8 Å². The van der Waals surface area contributed by atoms with Crippen LogP contribution >= 0.6 is 12.2 Å². The topological polar surface area (TPSA) is 87.3 Å². The van der Waals surface area contributed by atoms with E-state index in [9.17, 15) is 13.2 Å². The summed E-state index contributed by atoms with van der Waals surface area (Å²) in [5, 5.41) is 5.70. The predicted octanol–water partition coefficient (Wildman–Crippen LogP) is 3.32. The summed E-state index contributed by atoms with van der Waals surface area (Å²) in [7, 11) is -3.56. The van der Waals surface area contributed by atoms with Crippen LogP contribution in [0.15, 0.2) is 41.8 Å². The number of carbonyl (C=O) groups excluding carboxylic acids is 1. The van der Waals surface area contributed by atoms with Crippen LogP contribution < -0.4 is 15.4 Å². The highest BCUT2D eigenvalue weighted by atomic mass is 32.2. The number of hydrogen-bond donors (Lipinski definition) is 3. The fraction of sp³-hybridized carbons (Fsp3) is 0.444. The van der Waals surface area contributed by atoms with Crippen LogP contribution in [0.1, 0.15) is 45.4 Å². The van der Waals surface area contributed by atoms with E-state index in [1.165, 1.54) is 31.1 Å². The van der Waals surface area contributed by atoms with Crippen LogP contribution in [0.5, 0.6) is 0 Å². The summed E-state index contributed by atoms with van der Waals surface area (Å²) >= 11 is 5.11. The van der Waals surface area contributed by atoms with Gasteiger partial charge in [0.1, 0.15) is 0 Å². The molecule has 26 heavy (non-hydrogen) atoms. The molecule has 0 aliphatic carbocycles. The molecule has 0 aromatic heterocycles. The third-order valence-corrected chi connectivity index (χ3v) is 5.24. The SMILES string of the molecule is C=CCNS(=O)(=O)c1ccc(NC(=S)NC(=O)CCCCCCC)cc1. The van der Waals surface area contributed by atoms with E-state index in [1.54, 1.807) is 12.1 Å². The second-order valence-electron chi connectivity index (χ2n) is 5.83. The Kier molecular flexibility index (Phi) is 10.1. The number of unbranched alkanes of at least 4 members (excludes halogenated alkanes) is 4. The van der Waals surface area contributed by atoms with Crippen molar-refractivity contribution in [2.45, 2.75) is 50.3 Å². The molecule has 1 aromatic carbocycles. The molecule has 0 atom stereocenters. The Hall–Kier alpha value is -1.77. The summed E-state index contributed by atoms with van der Waals surface area (Å²) in [6.07, 6.45) is 7.30. The largest absolute Gasteiger partial charge is 0.332 e. The molecule has 0 heterocycles. The average Bonchev–Trinajstić information content (AvgIpc) is 2.60. The van der Waals surface area contributed by atoms with Gasteiger partial charge in [0, 0.05) is 18.7 Å². The van der Waals surface area contributed by atoms with Gasteiger partial charge in [-0.2, -0.15) is 0 Å². The molecule has 0 fully saturated rings. The fourth-order valence-electron chi connectivity index (χ4n) is 2.21. The molecule has 0 unspecified atom stereocenters. The van der Waals surface area contributed by atoms with Gasteiger partial charge in [-0.25, -0.2) is 13.1 Å². The quantitative estimate of drug-likeness (QED) is 0.303. The molecule has 0 aliphatic heterocycles. The van der Waals surface area contributed by atoms with E-state index in [0.717, 1.165) is 19.3 Å². The molecular weight excluding hydrogens is 370 g/mol. The highest BCUT2D eigenvalue weighted by Crippen LogP contribution is 2.14. The molecule has 144 valence electrons. The zero-order valence-electron chi connectivity index (χ0n) is 15.1. The van der Waals surface area contributed by atoms with Crippen molar-refractivity contribution >= 4 is 38.9 Å². The first-order valence-corrected chi connectivity index (χ1v) is 10.6. The van der Waals surface area contributed by atoms with Gasteiger partial charge in [0.25, 0.3) is 0 Å². The highest BCUT2D eigenvalue weighted by Gasteiger charge is 2.12. The third kappa shape index (κ3) is 8.55. The van der Waals surface area contributed by atoms with Crippen molar-refractivity contribution in [2.24, 2.45) is 0 Å². The van der Waals surface area contributed by atoms with Gasteiger partial charge in [-0.15, -0.1) is 6.58 Å². The van der Waals surface area contributed by atoms with E-state index < -0.39 is 10.0 Å². The first-order chi connectivity index (χ1) is 12.4. The van der Waals surface area contributed by atoms with Crippen LogP contribution in [0, 0.1) is 0 Å². The maximum Gasteiger partial charge on any atom is 0.240 e. The summed E-state index contributed by atoms with van der Waals surface area (Å²) in [5.41, 5.74) is 0.598. The number of amides is 1. The third-order valence-electron chi connectivity index (χ3n) is 3.60. The maximum atomic E-state index is 12.0. The molecule has 0 radical (unpaired) electrons. The number of nitrogens with one attached hydrogen (secondary N) is 3. The molecule has 0 saturated heterocycles. The molecule has 1 aromatic rings. The van der Waals surface area contributed by atoms with Crippen LogP contribution in [0.25, 0.3) is 0 Å². The molecule has 8 heteroatoms. The van der Waals surface area contributed by atoms with Crippen LogP contribution in [0.3, 0.4) is 0 Å². The van der Waals surface area contributed by atoms with E-state index in [1.807, 2.05) is 0 Å². The van der Waals surface area contributed by atoms with Gasteiger partial charge in [0.05, 0.1) is 4.90 Å². The Morgan fingerprint density at radius 2 is 1.81 bits per heavy atom. The number of thiocarbonyl (C=S) groups is 1. The van der Waals surface area contributed by atoms with Crippen LogP contribution in [-0.4, -0.2) is 26.0 Å². The van der Waals surface area contributed by atoms with Crippen LogP contribution in [0.2, 0.25) is 0 Å². The van der Waals surface area contributed by atoms with E-state index in [4.69, 9.17) is 12.2 Å². The molecule has 0 saturated carbocycles. The number of carbonyl (C=O) groups is 1. The second kappa shape index (κ2) is 11.8. The second-order valence-corrected chi connectivity index (χ2v) is 8.01. The lowest BCUT2D eigenvalue weighted by molar-refractivity contribution is -0.119. The molecule has 0 bridgehead atoms. The van der Waals surface area contributed by atoms with Crippen molar-refractivity contribution in [3.63, 3.8) is 0 Å². The molecule has 0 aliphatic rings. The van der Waals surface area contributed by atoms with Crippen molar-refractivity contribution in [3.05, 3.63) is 36.9 Å². The molecule has 0 spiro atoms. The van der Waals surface area contributed by atoms with Crippen LogP contribution in [0.4, 0.5) is 5.69 Å². The van der Waals surface area contributed by atoms with E-state index in [0.29, 0.717) is 12.1 Å². The van der Waals surface area contributed by atoms with Crippen molar-refractivity contribution in [1.82, 2.24) is 10.0 Å². The summed E-state index contributed by atoms with van der Waals surface area (Å²) in [4.78, 5) is 12.0. The monoisotopic (exact) mass is 397 g/mol. The molecular formula is C18H27N3O3S2. The van der Waals surface area contributed by atoms with Crippen molar-refractivity contribution < 1.29 is 13.2 Å². The minimum absolute atomic E-state index is 0.119. The van der Waals surface area contributed by atoms with E-state index >= 15 is 0 Å². The molecule has 3 N–H and O–H groups in total. The number of anilines is 1. The summed E-state index contributed by atoms with van der Waals surface area (Å²) < 4.78 is 26.3. The number of benzene rings is 1. The Bertz CT molecular complexity index is 701. The lowest BCUT2D eigenvalue weighted by Crippen LogP contribution is -2.33. The zero-order chi connectivity index (χ0) is 19.4. The standard InChI is InChI=1S/C18H27N3O3S2/c1-3-5-6-7-8-9-17(22)21-18(25)20-15-10-12-16(13-11-15)26(23,24)19-14-4-2/h4,10-13,19H,2-3,5-9,14H2,1H3,(H2,20,21,22,25). The van der Waals surface area contributed by atoms with Gasteiger partial charge < -0.3 is 10.6 Å². The van der Waals surface area contributed by atoms with Gasteiger partial charge in [-0.05, 0) is 42.9 Å². The van der Waals surface area contributed by atoms with E-state index in [2.05, 4.69) is 28.9 Å². The zero-order valence-corrected chi connectivity index (χ0v) is 16.7. The molecule has 6 nitrogen and oxygen atoms in total. The average molecular weight is 398 g/mol. The Balaban J connectivity index is 2.45. The van der Waals surface area contributed by atoms with Crippen molar-refractivity contribution in [2.75, 3.05) is 11.9 Å². The smallest absolute Gasteiger partial charge is 0.240 e. The highest BCUT2D eigenvalue weighted by molar-refractivity contribution is 7.89. The van der Waals surface area contributed by atoms with Gasteiger partial charge in [0.15, 0.2) is 5.11 Å². The fourth-order valence-corrected chi connectivity index (χ4v) is 3.44. The van der Waals surface area contributed by atoms with Crippen molar-refractivity contribution in [3.8, 4) is 0 Å². The first kappa shape index (κ1) is 22.3.